The topological polar surface area (TPSA) is 36.1 Å². The summed E-state index contributed by atoms with van der Waals surface area (Å²) in [5, 5.41) is 1.29. The van der Waals surface area contributed by atoms with Crippen LogP contribution < -0.4 is 0 Å². The maximum atomic E-state index is 12.3. The molecule has 2 aliphatic rings. The Labute approximate surface area is 125 Å². The lowest BCUT2D eigenvalue weighted by molar-refractivity contribution is -0.139. The maximum absolute atomic E-state index is 12.3. The minimum absolute atomic E-state index is 0.342. The molecule has 1 amide bonds. The summed E-state index contributed by atoms with van der Waals surface area (Å²) in [6, 6.07) is 10.7. The standard InChI is InChI=1S/C18H22N2O/c21-18(14-5-3-6-14)20-10-8-13(9-11-20)17-12-15-4-1-2-7-16(15)19-17/h1-2,4,7,12-14,19H,3,5-6,8-11H2. The van der Waals surface area contributed by atoms with Crippen molar-refractivity contribution in [3.63, 3.8) is 0 Å². The molecule has 2 aromatic rings. The Kier molecular flexibility index (Phi) is 3.21. The number of nitrogens with zero attached hydrogens (tertiary/aromatic N) is 1. The third kappa shape index (κ3) is 2.35. The number of piperidine rings is 1. The molecule has 1 aromatic heterocycles. The Morgan fingerprint density at radius 1 is 1.10 bits per heavy atom. The maximum Gasteiger partial charge on any atom is 0.225 e. The molecule has 1 aliphatic heterocycles. The Morgan fingerprint density at radius 3 is 2.52 bits per heavy atom. The van der Waals surface area contributed by atoms with Gasteiger partial charge in [-0.05, 0) is 43.2 Å². The molecule has 1 aromatic carbocycles. The highest BCUT2D eigenvalue weighted by Gasteiger charge is 2.32. The summed E-state index contributed by atoms with van der Waals surface area (Å²) < 4.78 is 0. The molecule has 2 fully saturated rings. The van der Waals surface area contributed by atoms with E-state index in [1.807, 2.05) is 0 Å². The van der Waals surface area contributed by atoms with Crippen molar-refractivity contribution in [2.75, 3.05) is 13.1 Å². The van der Waals surface area contributed by atoms with Crippen LogP contribution in [-0.4, -0.2) is 28.9 Å². The van der Waals surface area contributed by atoms with Gasteiger partial charge in [-0.15, -0.1) is 0 Å². The predicted molar refractivity (Wildman–Crippen MR) is 84.2 cm³/mol. The van der Waals surface area contributed by atoms with Gasteiger partial charge in [0.2, 0.25) is 5.91 Å². The largest absolute Gasteiger partial charge is 0.358 e. The summed E-state index contributed by atoms with van der Waals surface area (Å²) in [6.45, 7) is 1.85. The van der Waals surface area contributed by atoms with Crippen molar-refractivity contribution in [2.24, 2.45) is 5.92 Å². The Balaban J connectivity index is 1.43. The van der Waals surface area contributed by atoms with Crippen molar-refractivity contribution in [3.8, 4) is 0 Å². The molecule has 1 saturated carbocycles. The first-order valence-corrected chi connectivity index (χ1v) is 8.18. The van der Waals surface area contributed by atoms with Crippen molar-refractivity contribution >= 4 is 16.8 Å². The van der Waals surface area contributed by atoms with Gasteiger partial charge < -0.3 is 9.88 Å². The van der Waals surface area contributed by atoms with Gasteiger partial charge in [0.1, 0.15) is 0 Å². The summed E-state index contributed by atoms with van der Waals surface area (Å²) in [7, 11) is 0. The van der Waals surface area contributed by atoms with Crippen LogP contribution in [0.1, 0.15) is 43.7 Å². The Hall–Kier alpha value is -1.77. The molecule has 0 unspecified atom stereocenters. The van der Waals surface area contributed by atoms with E-state index in [2.05, 4.69) is 40.2 Å². The summed E-state index contributed by atoms with van der Waals surface area (Å²) in [5.74, 6) is 1.33. The zero-order chi connectivity index (χ0) is 14.2. The number of nitrogens with one attached hydrogen (secondary N) is 1. The van der Waals surface area contributed by atoms with Crippen LogP contribution in [0, 0.1) is 5.92 Å². The number of carbonyl (C=O) groups is 1. The minimum atomic E-state index is 0.342. The van der Waals surface area contributed by atoms with Gasteiger partial charge in [0.05, 0.1) is 0 Å². The fourth-order valence-electron chi connectivity index (χ4n) is 3.64. The first-order valence-electron chi connectivity index (χ1n) is 8.18. The van der Waals surface area contributed by atoms with Crippen LogP contribution in [0.3, 0.4) is 0 Å². The fraction of sp³-hybridized carbons (Fsp3) is 0.500. The van der Waals surface area contributed by atoms with Crippen LogP contribution in [-0.2, 0) is 4.79 Å². The molecule has 1 saturated heterocycles. The number of likely N-dealkylation sites (tertiary alicyclic amines) is 1. The highest BCUT2D eigenvalue weighted by atomic mass is 16.2. The highest BCUT2D eigenvalue weighted by molar-refractivity contribution is 5.81. The van der Waals surface area contributed by atoms with Crippen LogP contribution in [0.5, 0.6) is 0 Å². The average Bonchev–Trinajstić information content (AvgIpc) is 2.89. The fourth-order valence-corrected chi connectivity index (χ4v) is 3.64. The number of carbonyl (C=O) groups excluding carboxylic acids is 1. The molecular formula is C18H22N2O. The highest BCUT2D eigenvalue weighted by Crippen LogP contribution is 2.33. The van der Waals surface area contributed by atoms with Gasteiger partial charge in [-0.3, -0.25) is 4.79 Å². The Morgan fingerprint density at radius 2 is 1.86 bits per heavy atom. The minimum Gasteiger partial charge on any atom is -0.358 e. The predicted octanol–water partition coefficient (Wildman–Crippen LogP) is 3.67. The second-order valence-corrected chi connectivity index (χ2v) is 6.54. The second kappa shape index (κ2) is 5.21. The van der Waals surface area contributed by atoms with Crippen LogP contribution in [0.4, 0.5) is 0 Å². The van der Waals surface area contributed by atoms with Crippen molar-refractivity contribution in [2.45, 2.75) is 38.0 Å². The second-order valence-electron chi connectivity index (χ2n) is 6.54. The zero-order valence-corrected chi connectivity index (χ0v) is 12.3. The van der Waals surface area contributed by atoms with Crippen LogP contribution in [0.2, 0.25) is 0 Å². The number of hydrogen-bond donors (Lipinski definition) is 1. The quantitative estimate of drug-likeness (QED) is 0.896. The van der Waals surface area contributed by atoms with E-state index in [0.29, 0.717) is 17.7 Å². The molecule has 3 nitrogen and oxygen atoms in total. The number of para-hydroxylation sites is 1. The van der Waals surface area contributed by atoms with Crippen molar-refractivity contribution < 1.29 is 4.79 Å². The molecule has 1 N–H and O–H groups in total. The third-order valence-corrected chi connectivity index (χ3v) is 5.25. The van der Waals surface area contributed by atoms with Gasteiger partial charge in [0, 0.05) is 36.1 Å². The smallest absolute Gasteiger partial charge is 0.225 e. The monoisotopic (exact) mass is 282 g/mol. The number of rotatable bonds is 2. The number of aromatic nitrogens is 1. The molecule has 0 radical (unpaired) electrons. The number of fused-ring (bicyclic) bond motifs is 1. The van der Waals surface area contributed by atoms with E-state index >= 15 is 0 Å². The van der Waals surface area contributed by atoms with E-state index in [4.69, 9.17) is 0 Å². The molecule has 21 heavy (non-hydrogen) atoms. The van der Waals surface area contributed by atoms with Gasteiger partial charge >= 0.3 is 0 Å². The molecule has 4 rings (SSSR count). The summed E-state index contributed by atoms with van der Waals surface area (Å²) in [4.78, 5) is 17.9. The number of H-pyrrole nitrogens is 1. The zero-order valence-electron chi connectivity index (χ0n) is 12.3. The number of hydrogen-bond acceptors (Lipinski definition) is 1. The molecule has 0 spiro atoms. The number of amides is 1. The normalized spacial score (nSPS) is 20.7. The molecular weight excluding hydrogens is 260 g/mol. The van der Waals surface area contributed by atoms with E-state index in [1.54, 1.807) is 0 Å². The van der Waals surface area contributed by atoms with Crippen molar-refractivity contribution in [1.29, 1.82) is 0 Å². The van der Waals surface area contributed by atoms with E-state index in [-0.39, 0.29) is 0 Å². The lowest BCUT2D eigenvalue weighted by Crippen LogP contribution is -2.43. The van der Waals surface area contributed by atoms with Gasteiger partial charge in [-0.25, -0.2) is 0 Å². The summed E-state index contributed by atoms with van der Waals surface area (Å²) >= 11 is 0. The van der Waals surface area contributed by atoms with E-state index in [0.717, 1.165) is 38.8 Å². The molecule has 0 bridgehead atoms. The van der Waals surface area contributed by atoms with Crippen LogP contribution in [0.15, 0.2) is 30.3 Å². The summed E-state index contributed by atoms with van der Waals surface area (Å²) in [5.41, 5.74) is 2.56. The third-order valence-electron chi connectivity index (χ3n) is 5.25. The molecule has 2 heterocycles. The van der Waals surface area contributed by atoms with Gasteiger partial charge in [0.25, 0.3) is 0 Å². The SMILES string of the molecule is O=C(C1CCC1)N1CCC(c2cc3ccccc3[nH]2)CC1. The lowest BCUT2D eigenvalue weighted by Gasteiger charge is -2.36. The first-order chi connectivity index (χ1) is 10.3. The van der Waals surface area contributed by atoms with Gasteiger partial charge in [0.15, 0.2) is 0 Å². The molecule has 0 atom stereocenters. The van der Waals surface area contributed by atoms with E-state index < -0.39 is 0 Å². The van der Waals surface area contributed by atoms with Crippen LogP contribution in [0.25, 0.3) is 10.9 Å². The molecule has 1 aliphatic carbocycles. The Bertz CT molecular complexity index is 615. The van der Waals surface area contributed by atoms with Crippen LogP contribution >= 0.6 is 0 Å². The van der Waals surface area contributed by atoms with Crippen molar-refractivity contribution in [1.82, 2.24) is 9.88 Å². The van der Waals surface area contributed by atoms with E-state index in [1.165, 1.54) is 23.0 Å². The van der Waals surface area contributed by atoms with Crippen molar-refractivity contribution in [3.05, 3.63) is 36.0 Å². The number of benzene rings is 1. The van der Waals surface area contributed by atoms with E-state index in [9.17, 15) is 4.79 Å². The molecule has 110 valence electrons. The summed E-state index contributed by atoms with van der Waals surface area (Å²) in [6.07, 6.45) is 5.64. The van der Waals surface area contributed by atoms with Gasteiger partial charge in [-0.1, -0.05) is 24.6 Å². The average molecular weight is 282 g/mol. The van der Waals surface area contributed by atoms with Gasteiger partial charge in [-0.2, -0.15) is 0 Å². The molecule has 3 heteroatoms. The lowest BCUT2D eigenvalue weighted by atomic mass is 9.83. The number of aromatic amines is 1. The first kappa shape index (κ1) is 12.9.